The standard InChI is InChI=1S/C7H7BrClN3O/c8-4-7(13)12-11-6-3-1-2-5(9)10-6/h1-3H,4H2,(H,10,11)(H,12,13). The van der Waals surface area contributed by atoms with Crippen molar-refractivity contribution in [2.75, 3.05) is 10.8 Å². The highest BCUT2D eigenvalue weighted by molar-refractivity contribution is 9.09. The average Bonchev–Trinajstić information content (AvgIpc) is 2.14. The first-order valence-corrected chi connectivity index (χ1v) is 4.95. The second-order valence-electron chi connectivity index (χ2n) is 2.15. The van der Waals surface area contributed by atoms with Crippen LogP contribution in [0.2, 0.25) is 5.15 Å². The van der Waals surface area contributed by atoms with Crippen molar-refractivity contribution < 1.29 is 4.79 Å². The largest absolute Gasteiger partial charge is 0.282 e. The Labute approximate surface area is 88.8 Å². The van der Waals surface area contributed by atoms with Gasteiger partial charge in [-0.25, -0.2) is 4.98 Å². The summed E-state index contributed by atoms with van der Waals surface area (Å²) in [5, 5.41) is 0.610. The monoisotopic (exact) mass is 263 g/mol. The van der Waals surface area contributed by atoms with Gasteiger partial charge in [0.15, 0.2) is 0 Å². The summed E-state index contributed by atoms with van der Waals surface area (Å²) in [5.74, 6) is 0.323. The van der Waals surface area contributed by atoms with Gasteiger partial charge in [-0.2, -0.15) is 0 Å². The predicted molar refractivity (Wildman–Crippen MR) is 54.8 cm³/mol. The van der Waals surface area contributed by atoms with Gasteiger partial charge >= 0.3 is 0 Å². The fraction of sp³-hybridized carbons (Fsp3) is 0.143. The Morgan fingerprint density at radius 1 is 1.62 bits per heavy atom. The number of hydrazine groups is 1. The Balaban J connectivity index is 2.50. The molecule has 0 radical (unpaired) electrons. The van der Waals surface area contributed by atoms with Gasteiger partial charge in [-0.15, -0.1) is 0 Å². The van der Waals surface area contributed by atoms with Crippen LogP contribution in [0.15, 0.2) is 18.2 Å². The summed E-state index contributed by atoms with van der Waals surface area (Å²) in [6.45, 7) is 0. The van der Waals surface area contributed by atoms with Gasteiger partial charge in [-0.05, 0) is 12.1 Å². The number of pyridine rings is 1. The smallest absolute Gasteiger partial charge is 0.248 e. The fourth-order valence-electron chi connectivity index (χ4n) is 0.645. The molecule has 0 spiro atoms. The van der Waals surface area contributed by atoms with E-state index < -0.39 is 0 Å². The zero-order chi connectivity index (χ0) is 9.68. The van der Waals surface area contributed by atoms with Crippen molar-refractivity contribution in [3.63, 3.8) is 0 Å². The molecule has 0 fully saturated rings. The predicted octanol–water partition coefficient (Wildman–Crippen LogP) is 1.57. The molecule has 0 unspecified atom stereocenters. The number of hydrogen-bond acceptors (Lipinski definition) is 3. The maximum Gasteiger partial charge on any atom is 0.248 e. The van der Waals surface area contributed by atoms with E-state index in [-0.39, 0.29) is 11.2 Å². The van der Waals surface area contributed by atoms with Crippen LogP contribution in [-0.4, -0.2) is 16.2 Å². The van der Waals surface area contributed by atoms with Crippen molar-refractivity contribution in [1.29, 1.82) is 0 Å². The van der Waals surface area contributed by atoms with Gasteiger partial charge in [0.1, 0.15) is 11.0 Å². The van der Waals surface area contributed by atoms with Crippen LogP contribution in [-0.2, 0) is 4.79 Å². The molecule has 1 amide bonds. The molecule has 13 heavy (non-hydrogen) atoms. The summed E-state index contributed by atoms with van der Waals surface area (Å²) in [6.07, 6.45) is 0. The SMILES string of the molecule is O=C(CBr)NNc1cccc(Cl)n1. The lowest BCUT2D eigenvalue weighted by Gasteiger charge is -2.05. The summed E-state index contributed by atoms with van der Waals surface area (Å²) in [5.41, 5.74) is 5.03. The Morgan fingerprint density at radius 3 is 3.00 bits per heavy atom. The van der Waals surface area contributed by atoms with Crippen LogP contribution in [0.1, 0.15) is 0 Å². The molecule has 2 N–H and O–H groups in total. The Kier molecular flexibility index (Phi) is 3.98. The second kappa shape index (κ2) is 5.04. The third kappa shape index (κ3) is 3.61. The van der Waals surface area contributed by atoms with E-state index in [0.717, 1.165) is 0 Å². The molecule has 6 heteroatoms. The molecule has 0 atom stereocenters. The van der Waals surface area contributed by atoms with Crippen LogP contribution in [0, 0.1) is 0 Å². The molecule has 0 aromatic carbocycles. The van der Waals surface area contributed by atoms with Crippen molar-refractivity contribution in [3.8, 4) is 0 Å². The van der Waals surface area contributed by atoms with E-state index in [1.54, 1.807) is 18.2 Å². The molecule has 0 aliphatic carbocycles. The molecule has 0 bridgehead atoms. The summed E-state index contributed by atoms with van der Waals surface area (Å²) >= 11 is 8.63. The minimum Gasteiger partial charge on any atom is -0.282 e. The topological polar surface area (TPSA) is 54.0 Å². The Hall–Kier alpha value is -0.810. The van der Waals surface area contributed by atoms with E-state index in [1.165, 1.54) is 0 Å². The molecule has 0 aliphatic heterocycles. The molecular formula is C7H7BrClN3O. The first-order chi connectivity index (χ1) is 6.22. The minimum absolute atomic E-state index is 0.179. The van der Waals surface area contributed by atoms with Crippen molar-refractivity contribution in [2.24, 2.45) is 0 Å². The minimum atomic E-state index is -0.179. The van der Waals surface area contributed by atoms with Gasteiger partial charge in [0.05, 0.1) is 5.33 Å². The van der Waals surface area contributed by atoms with Gasteiger partial charge < -0.3 is 0 Å². The molecule has 4 nitrogen and oxygen atoms in total. The van der Waals surface area contributed by atoms with Gasteiger partial charge in [0, 0.05) is 0 Å². The molecule has 70 valence electrons. The number of aromatic nitrogens is 1. The molecule has 0 saturated carbocycles. The van der Waals surface area contributed by atoms with E-state index in [2.05, 4.69) is 31.8 Å². The summed E-state index contributed by atoms with van der Waals surface area (Å²) in [6, 6.07) is 5.08. The third-order valence-corrected chi connectivity index (χ3v) is 1.89. The molecule has 1 aromatic rings. The number of amides is 1. The van der Waals surface area contributed by atoms with E-state index >= 15 is 0 Å². The molecule has 0 saturated heterocycles. The molecule has 1 heterocycles. The summed E-state index contributed by atoms with van der Waals surface area (Å²) < 4.78 is 0. The fourth-order valence-corrected chi connectivity index (χ4v) is 0.949. The van der Waals surface area contributed by atoms with Crippen LogP contribution in [0.3, 0.4) is 0 Å². The third-order valence-electron chi connectivity index (χ3n) is 1.17. The first-order valence-electron chi connectivity index (χ1n) is 3.46. The summed E-state index contributed by atoms with van der Waals surface area (Å²) in [7, 11) is 0. The maximum absolute atomic E-state index is 10.8. The Bertz CT molecular complexity index is 308. The number of alkyl halides is 1. The van der Waals surface area contributed by atoms with Gasteiger partial charge in [0.25, 0.3) is 0 Å². The number of rotatable bonds is 3. The van der Waals surface area contributed by atoms with Crippen LogP contribution < -0.4 is 10.9 Å². The maximum atomic E-state index is 10.8. The van der Waals surface area contributed by atoms with Crippen LogP contribution >= 0.6 is 27.5 Å². The van der Waals surface area contributed by atoms with Gasteiger partial charge in [-0.3, -0.25) is 15.6 Å². The number of nitrogens with zero attached hydrogens (tertiary/aromatic N) is 1. The van der Waals surface area contributed by atoms with Gasteiger partial charge in [0.2, 0.25) is 5.91 Å². The van der Waals surface area contributed by atoms with Crippen LogP contribution in [0.5, 0.6) is 0 Å². The zero-order valence-electron chi connectivity index (χ0n) is 6.55. The highest BCUT2D eigenvalue weighted by Crippen LogP contribution is 2.07. The number of hydrogen-bond donors (Lipinski definition) is 2. The van der Waals surface area contributed by atoms with E-state index in [4.69, 9.17) is 11.6 Å². The zero-order valence-corrected chi connectivity index (χ0v) is 8.89. The highest BCUT2D eigenvalue weighted by atomic mass is 79.9. The van der Waals surface area contributed by atoms with Crippen molar-refractivity contribution >= 4 is 39.3 Å². The van der Waals surface area contributed by atoms with Crippen molar-refractivity contribution in [2.45, 2.75) is 0 Å². The van der Waals surface area contributed by atoms with E-state index in [0.29, 0.717) is 11.0 Å². The average molecular weight is 265 g/mol. The number of halogens is 2. The molecule has 1 rings (SSSR count). The van der Waals surface area contributed by atoms with Gasteiger partial charge in [-0.1, -0.05) is 33.6 Å². The number of carbonyl (C=O) groups excluding carboxylic acids is 1. The second-order valence-corrected chi connectivity index (χ2v) is 3.10. The molecule has 0 aliphatic rings. The molecular weight excluding hydrogens is 257 g/mol. The normalized spacial score (nSPS) is 9.38. The highest BCUT2D eigenvalue weighted by Gasteiger charge is 1.97. The first kappa shape index (κ1) is 10.3. The van der Waals surface area contributed by atoms with Crippen LogP contribution in [0.25, 0.3) is 0 Å². The number of anilines is 1. The summed E-state index contributed by atoms with van der Waals surface area (Å²) in [4.78, 5) is 14.7. The van der Waals surface area contributed by atoms with E-state index in [9.17, 15) is 4.79 Å². The number of nitrogens with one attached hydrogen (secondary N) is 2. The van der Waals surface area contributed by atoms with E-state index in [1.807, 2.05) is 0 Å². The Morgan fingerprint density at radius 2 is 2.38 bits per heavy atom. The quantitative estimate of drug-likeness (QED) is 0.495. The molecule has 1 aromatic heterocycles. The lowest BCUT2D eigenvalue weighted by Crippen LogP contribution is -2.30. The lowest BCUT2D eigenvalue weighted by molar-refractivity contribution is -0.118. The lowest BCUT2D eigenvalue weighted by atomic mass is 10.5. The van der Waals surface area contributed by atoms with Crippen molar-refractivity contribution in [1.82, 2.24) is 10.4 Å². The van der Waals surface area contributed by atoms with Crippen LogP contribution in [0.4, 0.5) is 5.82 Å². The number of carbonyl (C=O) groups is 1. The van der Waals surface area contributed by atoms with Crippen molar-refractivity contribution in [3.05, 3.63) is 23.4 Å².